The van der Waals surface area contributed by atoms with Gasteiger partial charge in [-0.2, -0.15) is 0 Å². The summed E-state index contributed by atoms with van der Waals surface area (Å²) in [6.07, 6.45) is -0.640. The molecule has 6 nitrogen and oxygen atoms in total. The lowest BCUT2D eigenvalue weighted by atomic mass is 10.1. The van der Waals surface area contributed by atoms with Gasteiger partial charge in [0.05, 0.1) is 7.11 Å². The van der Waals surface area contributed by atoms with Crippen LogP contribution in [-0.4, -0.2) is 31.4 Å². The van der Waals surface area contributed by atoms with Crippen molar-refractivity contribution < 1.29 is 19.1 Å². The molecule has 0 bridgehead atoms. The number of benzene rings is 2. The standard InChI is InChI=1S/C18H18N2O4/c1-23-14-5-2-11(3-6-14)17(21)16-10-20-9-13-8-12(18(19)22)4-7-15(13)24-16/h2-8,16,20H,9-10H2,1H3,(H2,19,22). The Kier molecular flexibility index (Phi) is 4.48. The predicted molar refractivity (Wildman–Crippen MR) is 88.4 cm³/mol. The molecule has 124 valence electrons. The topological polar surface area (TPSA) is 90.6 Å². The first-order valence-electron chi connectivity index (χ1n) is 7.57. The number of ether oxygens (including phenoxy) is 2. The van der Waals surface area contributed by atoms with Crippen LogP contribution in [0.2, 0.25) is 0 Å². The van der Waals surface area contributed by atoms with Crippen molar-refractivity contribution in [2.45, 2.75) is 12.6 Å². The second-order valence-electron chi connectivity index (χ2n) is 5.52. The minimum atomic E-state index is -0.640. The summed E-state index contributed by atoms with van der Waals surface area (Å²) in [4.78, 5) is 23.9. The second-order valence-corrected chi connectivity index (χ2v) is 5.52. The molecule has 1 heterocycles. The highest BCUT2D eigenvalue weighted by Crippen LogP contribution is 2.24. The van der Waals surface area contributed by atoms with Gasteiger partial charge in [0.2, 0.25) is 11.7 Å². The fraction of sp³-hybridized carbons (Fsp3) is 0.222. The van der Waals surface area contributed by atoms with Gasteiger partial charge >= 0.3 is 0 Å². The summed E-state index contributed by atoms with van der Waals surface area (Å²) in [5, 5.41) is 3.17. The molecule has 1 atom stereocenters. The first-order chi connectivity index (χ1) is 11.6. The molecule has 24 heavy (non-hydrogen) atoms. The number of methoxy groups -OCH3 is 1. The Balaban J connectivity index is 1.82. The van der Waals surface area contributed by atoms with E-state index in [1.165, 1.54) is 0 Å². The van der Waals surface area contributed by atoms with Crippen molar-refractivity contribution in [1.29, 1.82) is 0 Å². The SMILES string of the molecule is COc1ccc(C(=O)C2CNCc3cc(C(N)=O)ccc3O2)cc1. The zero-order valence-electron chi connectivity index (χ0n) is 13.2. The molecule has 0 aliphatic carbocycles. The van der Waals surface area contributed by atoms with Gasteiger partial charge in [0, 0.05) is 29.8 Å². The van der Waals surface area contributed by atoms with Crippen molar-refractivity contribution >= 4 is 11.7 Å². The lowest BCUT2D eigenvalue weighted by Gasteiger charge is -2.16. The average molecular weight is 326 g/mol. The van der Waals surface area contributed by atoms with Crippen molar-refractivity contribution in [1.82, 2.24) is 5.32 Å². The van der Waals surface area contributed by atoms with Gasteiger partial charge in [0.15, 0.2) is 6.10 Å². The zero-order valence-corrected chi connectivity index (χ0v) is 13.2. The van der Waals surface area contributed by atoms with Gasteiger partial charge in [-0.15, -0.1) is 0 Å². The molecule has 0 spiro atoms. The van der Waals surface area contributed by atoms with Crippen LogP contribution in [0.1, 0.15) is 26.3 Å². The van der Waals surface area contributed by atoms with Crippen LogP contribution in [0.3, 0.4) is 0 Å². The van der Waals surface area contributed by atoms with E-state index in [1.807, 2.05) is 0 Å². The monoisotopic (exact) mass is 326 g/mol. The maximum absolute atomic E-state index is 12.7. The Hall–Kier alpha value is -2.86. The highest BCUT2D eigenvalue weighted by atomic mass is 16.5. The Bertz CT molecular complexity index is 771. The van der Waals surface area contributed by atoms with E-state index < -0.39 is 12.0 Å². The molecule has 0 aromatic heterocycles. The number of ketones is 1. The van der Waals surface area contributed by atoms with Gasteiger partial charge < -0.3 is 20.5 Å². The summed E-state index contributed by atoms with van der Waals surface area (Å²) >= 11 is 0. The van der Waals surface area contributed by atoms with Gasteiger partial charge in [0.25, 0.3) is 0 Å². The number of amides is 1. The Morgan fingerprint density at radius 2 is 1.88 bits per heavy atom. The summed E-state index contributed by atoms with van der Waals surface area (Å²) in [6, 6.07) is 11.9. The number of hydrogen-bond donors (Lipinski definition) is 2. The van der Waals surface area contributed by atoms with Gasteiger partial charge in [-0.1, -0.05) is 0 Å². The number of carbonyl (C=O) groups excluding carboxylic acids is 2. The molecule has 6 heteroatoms. The van der Waals surface area contributed by atoms with Crippen LogP contribution in [0, 0.1) is 0 Å². The molecule has 1 aliphatic heterocycles. The largest absolute Gasteiger partial charge is 0.497 e. The van der Waals surface area contributed by atoms with E-state index in [1.54, 1.807) is 49.6 Å². The van der Waals surface area contributed by atoms with E-state index in [9.17, 15) is 9.59 Å². The Labute approximate surface area is 139 Å². The molecule has 0 fully saturated rings. The minimum absolute atomic E-state index is 0.114. The van der Waals surface area contributed by atoms with E-state index in [2.05, 4.69) is 5.32 Å². The number of primary amides is 1. The van der Waals surface area contributed by atoms with Crippen molar-refractivity contribution in [3.63, 3.8) is 0 Å². The molecule has 1 amide bonds. The van der Waals surface area contributed by atoms with Gasteiger partial charge in [0.1, 0.15) is 11.5 Å². The molecular formula is C18H18N2O4. The maximum atomic E-state index is 12.7. The van der Waals surface area contributed by atoms with E-state index in [0.717, 1.165) is 5.56 Å². The summed E-state index contributed by atoms with van der Waals surface area (Å²) in [7, 11) is 1.58. The van der Waals surface area contributed by atoms with Gasteiger partial charge in [-0.05, 0) is 42.5 Å². The third kappa shape index (κ3) is 3.23. The van der Waals surface area contributed by atoms with Gasteiger partial charge in [-0.25, -0.2) is 0 Å². The van der Waals surface area contributed by atoms with E-state index in [-0.39, 0.29) is 5.78 Å². The van der Waals surface area contributed by atoms with Crippen LogP contribution in [-0.2, 0) is 6.54 Å². The average Bonchev–Trinajstić information content (AvgIpc) is 2.82. The first kappa shape index (κ1) is 16.0. The molecule has 0 saturated heterocycles. The molecule has 1 aliphatic rings. The summed E-state index contributed by atoms with van der Waals surface area (Å²) < 4.78 is 11.0. The maximum Gasteiger partial charge on any atom is 0.248 e. The number of nitrogens with two attached hydrogens (primary N) is 1. The Morgan fingerprint density at radius 1 is 1.17 bits per heavy atom. The third-order valence-electron chi connectivity index (χ3n) is 3.93. The number of hydrogen-bond acceptors (Lipinski definition) is 5. The summed E-state index contributed by atoms with van der Waals surface area (Å²) in [5.41, 5.74) is 7.07. The van der Waals surface area contributed by atoms with E-state index in [4.69, 9.17) is 15.2 Å². The molecule has 2 aromatic carbocycles. The van der Waals surface area contributed by atoms with Crippen molar-refractivity contribution in [2.24, 2.45) is 5.73 Å². The van der Waals surface area contributed by atoms with E-state index in [0.29, 0.717) is 35.7 Å². The van der Waals surface area contributed by atoms with Crippen LogP contribution in [0.4, 0.5) is 0 Å². The molecule has 0 saturated carbocycles. The quantitative estimate of drug-likeness (QED) is 0.832. The molecule has 1 unspecified atom stereocenters. The van der Waals surface area contributed by atoms with E-state index >= 15 is 0 Å². The highest BCUT2D eigenvalue weighted by molar-refractivity contribution is 6.00. The first-order valence-corrected chi connectivity index (χ1v) is 7.57. The molecule has 2 aromatic rings. The number of Topliss-reactive ketones (excluding diaryl/α,β-unsaturated/α-hetero) is 1. The van der Waals surface area contributed by atoms with Gasteiger partial charge in [-0.3, -0.25) is 9.59 Å². The number of rotatable bonds is 4. The van der Waals surface area contributed by atoms with Crippen LogP contribution < -0.4 is 20.5 Å². The fourth-order valence-corrected chi connectivity index (χ4v) is 2.61. The van der Waals surface area contributed by atoms with Crippen molar-refractivity contribution in [3.8, 4) is 11.5 Å². The summed E-state index contributed by atoms with van der Waals surface area (Å²) in [6.45, 7) is 0.883. The predicted octanol–water partition coefficient (Wildman–Crippen LogP) is 1.53. The number of fused-ring (bicyclic) bond motifs is 1. The van der Waals surface area contributed by atoms with Crippen LogP contribution in [0.15, 0.2) is 42.5 Å². The number of nitrogens with one attached hydrogen (secondary N) is 1. The second kappa shape index (κ2) is 6.72. The minimum Gasteiger partial charge on any atom is -0.497 e. The highest BCUT2D eigenvalue weighted by Gasteiger charge is 2.25. The van der Waals surface area contributed by atoms with Crippen LogP contribution >= 0.6 is 0 Å². The Morgan fingerprint density at radius 3 is 2.54 bits per heavy atom. The summed E-state index contributed by atoms with van der Waals surface area (Å²) in [5.74, 6) is 0.664. The van der Waals surface area contributed by atoms with Crippen molar-refractivity contribution in [3.05, 3.63) is 59.2 Å². The molecular weight excluding hydrogens is 308 g/mol. The normalized spacial score (nSPS) is 16.5. The molecule has 3 rings (SSSR count). The fourth-order valence-electron chi connectivity index (χ4n) is 2.61. The number of carbonyl (C=O) groups is 2. The van der Waals surface area contributed by atoms with Crippen LogP contribution in [0.5, 0.6) is 11.5 Å². The zero-order chi connectivity index (χ0) is 17.1. The lowest BCUT2D eigenvalue weighted by molar-refractivity contribution is 0.0799. The lowest BCUT2D eigenvalue weighted by Crippen LogP contribution is -2.35. The van der Waals surface area contributed by atoms with Crippen molar-refractivity contribution in [2.75, 3.05) is 13.7 Å². The molecule has 3 N–H and O–H groups in total. The third-order valence-corrected chi connectivity index (χ3v) is 3.93. The molecule has 0 radical (unpaired) electrons. The van der Waals surface area contributed by atoms with Crippen LogP contribution in [0.25, 0.3) is 0 Å². The smallest absolute Gasteiger partial charge is 0.248 e.